The molecule has 3 N–H and O–H groups in total. The molecule has 0 heterocycles. The minimum absolute atomic E-state index is 0.109. The standard InChI is InChI=1S/C21H28N4O3/c1-5-23-21(24-13-15-7-6-8-16(11-15)20(26)22-2)25-14-17-9-10-18(27-3)12-19(17)28-4/h6-12H,5,13-14H2,1-4H3,(H,22,26)(H2,23,24,25). The first kappa shape index (κ1) is 21.1. The fraction of sp³-hybridized carbons (Fsp3) is 0.333. The van der Waals surface area contributed by atoms with Gasteiger partial charge in [0.05, 0.1) is 20.8 Å². The molecule has 0 fully saturated rings. The molecule has 0 spiro atoms. The number of carbonyl (C=O) groups excluding carboxylic acids is 1. The van der Waals surface area contributed by atoms with Gasteiger partial charge in [-0.2, -0.15) is 0 Å². The van der Waals surface area contributed by atoms with Crippen LogP contribution in [0.15, 0.2) is 47.5 Å². The van der Waals surface area contributed by atoms with Crippen molar-refractivity contribution in [2.75, 3.05) is 27.8 Å². The normalized spacial score (nSPS) is 10.9. The van der Waals surface area contributed by atoms with Crippen molar-refractivity contribution in [3.63, 3.8) is 0 Å². The maximum absolute atomic E-state index is 11.8. The number of nitrogens with one attached hydrogen (secondary N) is 3. The lowest BCUT2D eigenvalue weighted by Crippen LogP contribution is -2.36. The number of carbonyl (C=O) groups is 1. The summed E-state index contributed by atoms with van der Waals surface area (Å²) in [4.78, 5) is 16.4. The lowest BCUT2D eigenvalue weighted by Gasteiger charge is -2.14. The van der Waals surface area contributed by atoms with E-state index in [1.165, 1.54) is 0 Å². The number of benzene rings is 2. The number of hydrogen-bond donors (Lipinski definition) is 3. The average Bonchev–Trinajstić information content (AvgIpc) is 2.75. The molecule has 0 aliphatic rings. The summed E-state index contributed by atoms with van der Waals surface area (Å²) in [5, 5.41) is 9.16. The number of amides is 1. The van der Waals surface area contributed by atoms with Gasteiger partial charge in [0.25, 0.3) is 5.91 Å². The molecule has 2 rings (SSSR count). The van der Waals surface area contributed by atoms with Crippen LogP contribution in [0.1, 0.15) is 28.4 Å². The molecule has 7 nitrogen and oxygen atoms in total. The molecule has 0 aromatic heterocycles. The molecule has 28 heavy (non-hydrogen) atoms. The van der Waals surface area contributed by atoms with Crippen molar-refractivity contribution in [2.45, 2.75) is 20.0 Å². The smallest absolute Gasteiger partial charge is 0.251 e. The Labute approximate surface area is 166 Å². The molecule has 2 aromatic carbocycles. The summed E-state index contributed by atoms with van der Waals surface area (Å²) in [6, 6.07) is 13.1. The van der Waals surface area contributed by atoms with Gasteiger partial charge in [-0.15, -0.1) is 0 Å². The first-order valence-electron chi connectivity index (χ1n) is 9.15. The highest BCUT2D eigenvalue weighted by Crippen LogP contribution is 2.24. The Morgan fingerprint density at radius 3 is 2.57 bits per heavy atom. The summed E-state index contributed by atoms with van der Waals surface area (Å²) in [6.45, 7) is 3.76. The first-order valence-corrected chi connectivity index (χ1v) is 9.15. The van der Waals surface area contributed by atoms with Crippen LogP contribution in [0.2, 0.25) is 0 Å². The number of hydrogen-bond acceptors (Lipinski definition) is 4. The number of ether oxygens (including phenoxy) is 2. The van der Waals surface area contributed by atoms with E-state index in [2.05, 4.69) is 20.9 Å². The molecule has 0 unspecified atom stereocenters. The second-order valence-electron chi connectivity index (χ2n) is 6.01. The molecule has 0 bridgehead atoms. The van der Waals surface area contributed by atoms with Gasteiger partial charge in [-0.05, 0) is 36.8 Å². The molecule has 0 atom stereocenters. The summed E-state index contributed by atoms with van der Waals surface area (Å²) >= 11 is 0. The largest absolute Gasteiger partial charge is 0.497 e. The second-order valence-corrected chi connectivity index (χ2v) is 6.01. The van der Waals surface area contributed by atoms with Gasteiger partial charge in [-0.1, -0.05) is 12.1 Å². The van der Waals surface area contributed by atoms with Crippen LogP contribution >= 0.6 is 0 Å². The monoisotopic (exact) mass is 384 g/mol. The van der Waals surface area contributed by atoms with Gasteiger partial charge in [0.2, 0.25) is 0 Å². The van der Waals surface area contributed by atoms with E-state index in [1.807, 2.05) is 43.3 Å². The van der Waals surface area contributed by atoms with Gasteiger partial charge in [-0.25, -0.2) is 4.99 Å². The molecular weight excluding hydrogens is 356 g/mol. The Bertz CT molecular complexity index is 821. The highest BCUT2D eigenvalue weighted by atomic mass is 16.5. The zero-order valence-corrected chi connectivity index (χ0v) is 16.8. The number of guanidine groups is 1. The highest BCUT2D eigenvalue weighted by Gasteiger charge is 2.07. The summed E-state index contributed by atoms with van der Waals surface area (Å²) in [6.07, 6.45) is 0. The molecule has 2 aromatic rings. The van der Waals surface area contributed by atoms with Crippen LogP contribution in [0, 0.1) is 0 Å². The van der Waals surface area contributed by atoms with Crippen molar-refractivity contribution in [1.29, 1.82) is 0 Å². The Morgan fingerprint density at radius 1 is 1.07 bits per heavy atom. The molecule has 0 aliphatic heterocycles. The zero-order valence-electron chi connectivity index (χ0n) is 16.8. The topological polar surface area (TPSA) is 84.0 Å². The molecule has 0 aliphatic carbocycles. The van der Waals surface area contributed by atoms with Crippen LogP contribution < -0.4 is 25.4 Å². The molecule has 0 radical (unpaired) electrons. The van der Waals surface area contributed by atoms with Crippen molar-refractivity contribution in [3.8, 4) is 11.5 Å². The summed E-state index contributed by atoms with van der Waals surface area (Å²) in [7, 11) is 4.88. The number of aliphatic imine (C=N–C) groups is 1. The van der Waals surface area contributed by atoms with E-state index >= 15 is 0 Å². The Kier molecular flexibility index (Phi) is 8.14. The number of nitrogens with zero attached hydrogens (tertiary/aromatic N) is 1. The Balaban J connectivity index is 2.08. The molecule has 1 amide bonds. The second kappa shape index (κ2) is 10.8. The van der Waals surface area contributed by atoms with Crippen LogP contribution in [-0.4, -0.2) is 39.7 Å². The number of rotatable bonds is 8. The fourth-order valence-electron chi connectivity index (χ4n) is 2.64. The van der Waals surface area contributed by atoms with Crippen LogP contribution in [0.3, 0.4) is 0 Å². The van der Waals surface area contributed by atoms with Gasteiger partial charge in [0.15, 0.2) is 5.96 Å². The summed E-state index contributed by atoms with van der Waals surface area (Å²) in [5.41, 5.74) is 2.58. The fourth-order valence-corrected chi connectivity index (χ4v) is 2.64. The summed E-state index contributed by atoms with van der Waals surface area (Å²) in [5.74, 6) is 2.08. The summed E-state index contributed by atoms with van der Waals surface area (Å²) < 4.78 is 10.7. The predicted molar refractivity (Wildman–Crippen MR) is 111 cm³/mol. The zero-order chi connectivity index (χ0) is 20.4. The van der Waals surface area contributed by atoms with Crippen LogP contribution in [0.25, 0.3) is 0 Å². The van der Waals surface area contributed by atoms with Crippen LogP contribution in [-0.2, 0) is 13.1 Å². The molecule has 0 saturated carbocycles. The van der Waals surface area contributed by atoms with Crippen LogP contribution in [0.5, 0.6) is 11.5 Å². The molecule has 0 saturated heterocycles. The van der Waals surface area contributed by atoms with Crippen molar-refractivity contribution >= 4 is 11.9 Å². The third kappa shape index (κ3) is 5.90. The molecular formula is C21H28N4O3. The highest BCUT2D eigenvalue weighted by molar-refractivity contribution is 5.94. The maximum atomic E-state index is 11.8. The molecule has 7 heteroatoms. The van der Waals surface area contributed by atoms with E-state index in [0.29, 0.717) is 24.6 Å². The SMILES string of the molecule is CCNC(=NCc1cccc(C(=O)NC)c1)NCc1ccc(OC)cc1OC. The van der Waals surface area contributed by atoms with E-state index in [0.717, 1.165) is 29.2 Å². The third-order valence-electron chi connectivity index (χ3n) is 4.12. The van der Waals surface area contributed by atoms with Gasteiger partial charge in [-0.3, -0.25) is 4.79 Å². The Hall–Kier alpha value is -3.22. The third-order valence-corrected chi connectivity index (χ3v) is 4.12. The van der Waals surface area contributed by atoms with Gasteiger partial charge in [0, 0.05) is 37.3 Å². The lowest BCUT2D eigenvalue weighted by atomic mass is 10.1. The van der Waals surface area contributed by atoms with E-state index < -0.39 is 0 Å². The van der Waals surface area contributed by atoms with Gasteiger partial charge >= 0.3 is 0 Å². The van der Waals surface area contributed by atoms with Crippen LogP contribution in [0.4, 0.5) is 0 Å². The van der Waals surface area contributed by atoms with E-state index in [1.54, 1.807) is 27.3 Å². The van der Waals surface area contributed by atoms with E-state index in [9.17, 15) is 4.79 Å². The Morgan fingerprint density at radius 2 is 1.89 bits per heavy atom. The van der Waals surface area contributed by atoms with Crippen molar-refractivity contribution in [2.24, 2.45) is 4.99 Å². The first-order chi connectivity index (χ1) is 13.6. The average molecular weight is 384 g/mol. The maximum Gasteiger partial charge on any atom is 0.251 e. The quantitative estimate of drug-likeness (QED) is 0.481. The van der Waals surface area contributed by atoms with Crippen molar-refractivity contribution < 1.29 is 14.3 Å². The minimum Gasteiger partial charge on any atom is -0.497 e. The van der Waals surface area contributed by atoms with E-state index in [-0.39, 0.29) is 5.91 Å². The van der Waals surface area contributed by atoms with E-state index in [4.69, 9.17) is 9.47 Å². The molecule has 150 valence electrons. The number of methoxy groups -OCH3 is 2. The lowest BCUT2D eigenvalue weighted by molar-refractivity contribution is 0.0963. The van der Waals surface area contributed by atoms with Crippen molar-refractivity contribution in [1.82, 2.24) is 16.0 Å². The minimum atomic E-state index is -0.109. The van der Waals surface area contributed by atoms with Crippen molar-refractivity contribution in [3.05, 3.63) is 59.2 Å². The van der Waals surface area contributed by atoms with Gasteiger partial charge in [0.1, 0.15) is 11.5 Å². The predicted octanol–water partition coefficient (Wildman–Crippen LogP) is 2.32. The van der Waals surface area contributed by atoms with Gasteiger partial charge < -0.3 is 25.4 Å².